The molecule has 0 aliphatic carbocycles. The zero-order valence-electron chi connectivity index (χ0n) is 6.98. The van der Waals surface area contributed by atoms with Crippen LogP contribution in [0.1, 0.15) is 25.7 Å². The number of carbonyl (C=O) groups excluding carboxylic acids is 1. The molecule has 0 unspecified atom stereocenters. The topological polar surface area (TPSA) is 56.0 Å². The van der Waals surface area contributed by atoms with Crippen LogP contribution in [0.25, 0.3) is 0 Å². The molecule has 1 aromatic heterocycles. The Balaban J connectivity index is 2.58. The number of hydrogen-bond donors (Lipinski definition) is 0. The van der Waals surface area contributed by atoms with E-state index in [1.807, 2.05) is 13.8 Å². The van der Waals surface area contributed by atoms with Crippen LogP contribution in [0.3, 0.4) is 0 Å². The number of thioether (sulfide) groups is 1. The lowest BCUT2D eigenvalue weighted by Crippen LogP contribution is -1.85. The smallest absolute Gasteiger partial charge is 0.277 e. The average molecular weight is 186 g/mol. The fourth-order valence-electron chi connectivity index (χ4n) is 0.617. The second-order valence-corrected chi connectivity index (χ2v) is 3.51. The molecule has 4 nitrogen and oxygen atoms in total. The molecule has 0 N–H and O–H groups in total. The molecule has 0 amide bonds. The predicted molar refractivity (Wildman–Crippen MR) is 45.2 cm³/mol. The molecule has 0 saturated carbocycles. The number of rotatable bonds is 4. The maximum Gasteiger partial charge on any atom is 0.277 e. The van der Waals surface area contributed by atoms with E-state index in [1.54, 1.807) is 0 Å². The minimum atomic E-state index is 0.239. The van der Waals surface area contributed by atoms with Gasteiger partial charge in [-0.3, -0.25) is 0 Å². The normalized spacial score (nSPS) is 10.6. The Hall–Kier alpha value is -0.840. The summed E-state index contributed by atoms with van der Waals surface area (Å²) in [6.07, 6.45) is 0.809. The van der Waals surface area contributed by atoms with E-state index in [1.165, 1.54) is 11.8 Å². The summed E-state index contributed by atoms with van der Waals surface area (Å²) >= 11 is 1.25. The molecule has 0 aromatic carbocycles. The quantitative estimate of drug-likeness (QED) is 0.526. The lowest BCUT2D eigenvalue weighted by Gasteiger charge is -1.93. The van der Waals surface area contributed by atoms with Crippen LogP contribution in [0.4, 0.5) is 0 Å². The molecule has 0 bridgehead atoms. The molecule has 0 radical (unpaired) electrons. The van der Waals surface area contributed by atoms with E-state index in [-0.39, 0.29) is 5.92 Å². The van der Waals surface area contributed by atoms with Crippen molar-refractivity contribution < 1.29 is 9.21 Å². The van der Waals surface area contributed by atoms with E-state index in [0.717, 1.165) is 6.29 Å². The standard InChI is InChI=1S/C7H10N2O2S/c1-5(2)6-8-9-7(11-6)12-4-3-10/h3,5H,4H2,1-2H3. The molecule has 1 rings (SSSR count). The first-order chi connectivity index (χ1) is 5.74. The molecule has 1 aromatic rings. The molecule has 0 fully saturated rings. The monoisotopic (exact) mass is 186 g/mol. The number of hydrogen-bond acceptors (Lipinski definition) is 5. The van der Waals surface area contributed by atoms with Crippen LogP contribution in [0.5, 0.6) is 0 Å². The summed E-state index contributed by atoms with van der Waals surface area (Å²) in [5, 5.41) is 8.04. The summed E-state index contributed by atoms with van der Waals surface area (Å²) in [7, 11) is 0. The summed E-state index contributed by atoms with van der Waals surface area (Å²) in [5.74, 6) is 1.21. The van der Waals surface area contributed by atoms with Crippen LogP contribution in [-0.2, 0) is 4.79 Å². The first-order valence-electron chi connectivity index (χ1n) is 3.64. The second kappa shape index (κ2) is 4.25. The molecule has 5 heteroatoms. The number of carbonyl (C=O) groups is 1. The zero-order chi connectivity index (χ0) is 8.97. The largest absolute Gasteiger partial charge is 0.416 e. The van der Waals surface area contributed by atoms with Gasteiger partial charge in [0.15, 0.2) is 0 Å². The molecule has 12 heavy (non-hydrogen) atoms. The number of nitrogens with zero attached hydrogens (tertiary/aromatic N) is 2. The van der Waals surface area contributed by atoms with Crippen molar-refractivity contribution in [1.29, 1.82) is 0 Å². The van der Waals surface area contributed by atoms with Crippen LogP contribution in [0.15, 0.2) is 9.64 Å². The lowest BCUT2D eigenvalue weighted by atomic mass is 10.2. The Morgan fingerprint density at radius 2 is 2.33 bits per heavy atom. The molecule has 0 saturated heterocycles. The Morgan fingerprint density at radius 3 is 2.83 bits per heavy atom. The predicted octanol–water partition coefficient (Wildman–Crippen LogP) is 1.48. The van der Waals surface area contributed by atoms with Gasteiger partial charge < -0.3 is 9.21 Å². The summed E-state index contributed by atoms with van der Waals surface area (Å²) in [4.78, 5) is 10.0. The lowest BCUT2D eigenvalue weighted by molar-refractivity contribution is -0.105. The molecule has 0 atom stereocenters. The summed E-state index contributed by atoms with van der Waals surface area (Å²) < 4.78 is 5.23. The number of aldehydes is 1. The van der Waals surface area contributed by atoms with Gasteiger partial charge in [-0.2, -0.15) is 0 Å². The van der Waals surface area contributed by atoms with Crippen LogP contribution in [0, 0.1) is 0 Å². The van der Waals surface area contributed by atoms with Crippen molar-refractivity contribution in [3.05, 3.63) is 5.89 Å². The highest BCUT2D eigenvalue weighted by Crippen LogP contribution is 2.18. The molecule has 0 aliphatic rings. The highest BCUT2D eigenvalue weighted by molar-refractivity contribution is 7.99. The van der Waals surface area contributed by atoms with Gasteiger partial charge in [0.2, 0.25) is 5.89 Å². The third-order valence-corrected chi connectivity index (χ3v) is 1.91. The average Bonchev–Trinajstić information content (AvgIpc) is 2.48. The van der Waals surface area contributed by atoms with Crippen molar-refractivity contribution >= 4 is 18.0 Å². The molecule has 0 aliphatic heterocycles. The minimum Gasteiger partial charge on any atom is -0.416 e. The molecule has 66 valence electrons. The van der Waals surface area contributed by atoms with Gasteiger partial charge in [0.25, 0.3) is 5.22 Å². The first-order valence-corrected chi connectivity index (χ1v) is 4.62. The summed E-state index contributed by atoms with van der Waals surface area (Å²) in [6.45, 7) is 3.95. The third-order valence-electron chi connectivity index (χ3n) is 1.19. The first kappa shape index (κ1) is 9.25. The molecule has 1 heterocycles. The molecule has 0 spiro atoms. The van der Waals surface area contributed by atoms with Gasteiger partial charge in [0.1, 0.15) is 6.29 Å². The molecular formula is C7H10N2O2S. The van der Waals surface area contributed by atoms with Crippen molar-refractivity contribution in [3.63, 3.8) is 0 Å². The van der Waals surface area contributed by atoms with Gasteiger partial charge in [-0.25, -0.2) is 0 Å². The van der Waals surface area contributed by atoms with Gasteiger partial charge in [0, 0.05) is 5.92 Å². The minimum absolute atomic E-state index is 0.239. The van der Waals surface area contributed by atoms with Crippen LogP contribution in [-0.4, -0.2) is 22.2 Å². The highest BCUT2D eigenvalue weighted by atomic mass is 32.2. The Morgan fingerprint density at radius 1 is 1.58 bits per heavy atom. The summed E-state index contributed by atoms with van der Waals surface area (Å²) in [5.41, 5.74) is 0. The van der Waals surface area contributed by atoms with E-state index in [2.05, 4.69) is 10.2 Å². The maximum atomic E-state index is 10.0. The second-order valence-electron chi connectivity index (χ2n) is 2.54. The van der Waals surface area contributed by atoms with Gasteiger partial charge in [-0.15, -0.1) is 10.2 Å². The maximum absolute atomic E-state index is 10.0. The van der Waals surface area contributed by atoms with Gasteiger partial charge >= 0.3 is 0 Å². The van der Waals surface area contributed by atoms with E-state index in [4.69, 9.17) is 4.42 Å². The zero-order valence-corrected chi connectivity index (χ0v) is 7.80. The van der Waals surface area contributed by atoms with Gasteiger partial charge in [-0.1, -0.05) is 25.6 Å². The van der Waals surface area contributed by atoms with Crippen LogP contribution in [0.2, 0.25) is 0 Å². The SMILES string of the molecule is CC(C)c1nnc(SCC=O)o1. The van der Waals surface area contributed by atoms with E-state index >= 15 is 0 Å². The fraction of sp³-hybridized carbons (Fsp3) is 0.571. The Kier molecular flexibility index (Phi) is 3.28. The van der Waals surface area contributed by atoms with Crippen molar-refractivity contribution in [2.24, 2.45) is 0 Å². The van der Waals surface area contributed by atoms with Gasteiger partial charge in [0.05, 0.1) is 5.75 Å². The van der Waals surface area contributed by atoms with Crippen LogP contribution >= 0.6 is 11.8 Å². The van der Waals surface area contributed by atoms with Gasteiger partial charge in [-0.05, 0) is 0 Å². The summed E-state index contributed by atoms with van der Waals surface area (Å²) in [6, 6.07) is 0. The van der Waals surface area contributed by atoms with Crippen molar-refractivity contribution in [2.45, 2.75) is 25.0 Å². The van der Waals surface area contributed by atoms with E-state index in [9.17, 15) is 4.79 Å². The number of aromatic nitrogens is 2. The molecular weight excluding hydrogens is 176 g/mol. The fourth-order valence-corrected chi connectivity index (χ4v) is 1.07. The third kappa shape index (κ3) is 2.34. The van der Waals surface area contributed by atoms with E-state index < -0.39 is 0 Å². The van der Waals surface area contributed by atoms with Crippen molar-refractivity contribution in [1.82, 2.24) is 10.2 Å². The van der Waals surface area contributed by atoms with Crippen LogP contribution < -0.4 is 0 Å². The Bertz CT molecular complexity index is 260. The highest BCUT2D eigenvalue weighted by Gasteiger charge is 2.08. The van der Waals surface area contributed by atoms with Crippen molar-refractivity contribution in [3.8, 4) is 0 Å². The Labute approximate surface area is 74.7 Å². The van der Waals surface area contributed by atoms with E-state index in [0.29, 0.717) is 16.9 Å². The van der Waals surface area contributed by atoms with Crippen molar-refractivity contribution in [2.75, 3.05) is 5.75 Å².